The van der Waals surface area contributed by atoms with E-state index in [9.17, 15) is 25.1 Å². The van der Waals surface area contributed by atoms with Crippen molar-refractivity contribution in [3.8, 4) is 28.8 Å². The van der Waals surface area contributed by atoms with E-state index in [1.165, 1.54) is 34.7 Å². The van der Waals surface area contributed by atoms with Crippen molar-refractivity contribution in [2.24, 2.45) is 7.05 Å². The highest BCUT2D eigenvalue weighted by molar-refractivity contribution is 6.31. The van der Waals surface area contributed by atoms with Crippen LogP contribution in [0.5, 0.6) is 11.5 Å². The molecule has 2 aliphatic rings. The van der Waals surface area contributed by atoms with Gasteiger partial charge in [0.25, 0.3) is 11.8 Å². The molecule has 52 heavy (non-hydrogen) atoms. The number of halogens is 1. The Labute approximate surface area is 307 Å². The summed E-state index contributed by atoms with van der Waals surface area (Å²) in [7, 11) is 1.84. The molecule has 2 aliphatic heterocycles. The van der Waals surface area contributed by atoms with E-state index in [-0.39, 0.29) is 29.0 Å². The van der Waals surface area contributed by atoms with Crippen molar-refractivity contribution in [2.45, 2.75) is 25.9 Å². The van der Waals surface area contributed by atoms with E-state index >= 15 is 0 Å². The highest BCUT2D eigenvalue weighted by Crippen LogP contribution is 2.37. The highest BCUT2D eigenvalue weighted by Gasteiger charge is 2.34. The molecule has 3 heterocycles. The van der Waals surface area contributed by atoms with Gasteiger partial charge in [0.15, 0.2) is 0 Å². The van der Waals surface area contributed by atoms with Gasteiger partial charge in [-0.1, -0.05) is 35.9 Å². The topological polar surface area (TPSA) is 122 Å². The quantitative estimate of drug-likeness (QED) is 0.190. The van der Waals surface area contributed by atoms with Crippen molar-refractivity contribution in [3.05, 3.63) is 130 Å². The Balaban J connectivity index is 1.29. The SMILES string of the molecule is Cc1c(C(=O)N(c2ccc(O)cc2)c2ccc(O)c(C#N)c2)cc(-c2cc(Cl)ccc2C(=O)N2Cc3ccccc3C[C@H]2CN2CCOCC2)n1C. The predicted octanol–water partition coefficient (Wildman–Crippen LogP) is 6.81. The van der Waals surface area contributed by atoms with Crippen molar-refractivity contribution < 1.29 is 24.5 Å². The molecule has 0 aliphatic carbocycles. The number of ether oxygens (including phenoxy) is 1. The van der Waals surface area contributed by atoms with Gasteiger partial charge >= 0.3 is 0 Å². The van der Waals surface area contributed by atoms with Crippen LogP contribution in [0.1, 0.15) is 43.1 Å². The summed E-state index contributed by atoms with van der Waals surface area (Å²) < 4.78 is 7.47. The second-order valence-electron chi connectivity index (χ2n) is 13.2. The molecular weight excluding hydrogens is 678 g/mol. The largest absolute Gasteiger partial charge is 0.508 e. The van der Waals surface area contributed by atoms with Gasteiger partial charge in [-0.25, -0.2) is 0 Å². The Morgan fingerprint density at radius 1 is 0.923 bits per heavy atom. The molecule has 1 saturated heterocycles. The zero-order valence-corrected chi connectivity index (χ0v) is 29.7. The van der Waals surface area contributed by atoms with Gasteiger partial charge in [0.1, 0.15) is 17.6 Å². The van der Waals surface area contributed by atoms with Crippen molar-refractivity contribution >= 4 is 34.8 Å². The zero-order valence-electron chi connectivity index (χ0n) is 28.9. The smallest absolute Gasteiger partial charge is 0.264 e. The minimum absolute atomic E-state index is 0.00823. The van der Waals surface area contributed by atoms with Crippen LogP contribution >= 0.6 is 11.6 Å². The van der Waals surface area contributed by atoms with E-state index in [0.717, 1.165) is 31.6 Å². The molecule has 1 atom stereocenters. The third-order valence-electron chi connectivity index (χ3n) is 10.1. The summed E-state index contributed by atoms with van der Waals surface area (Å²) in [5.74, 6) is -0.705. The van der Waals surface area contributed by atoms with Crippen LogP contribution in [0.25, 0.3) is 11.3 Å². The number of hydrogen-bond acceptors (Lipinski definition) is 7. The zero-order chi connectivity index (χ0) is 36.5. The Kier molecular flexibility index (Phi) is 9.75. The minimum Gasteiger partial charge on any atom is -0.508 e. The van der Waals surface area contributed by atoms with Gasteiger partial charge in [-0.15, -0.1) is 0 Å². The Bertz CT molecular complexity index is 2200. The number of nitriles is 1. The number of phenolic OH excluding ortho intramolecular Hbond substituents is 2. The van der Waals surface area contributed by atoms with Gasteiger partial charge in [0, 0.05) is 72.5 Å². The summed E-state index contributed by atoms with van der Waals surface area (Å²) >= 11 is 6.61. The number of anilines is 2. The maximum absolute atomic E-state index is 14.8. The van der Waals surface area contributed by atoms with Crippen molar-refractivity contribution in [1.29, 1.82) is 5.26 Å². The third kappa shape index (κ3) is 6.74. The van der Waals surface area contributed by atoms with E-state index in [0.29, 0.717) is 64.2 Å². The van der Waals surface area contributed by atoms with Crippen LogP contribution in [-0.2, 0) is 24.8 Å². The fraction of sp³-hybridized carbons (Fsp3) is 0.244. The minimum atomic E-state index is -0.410. The number of hydrogen-bond donors (Lipinski definition) is 2. The fourth-order valence-corrected chi connectivity index (χ4v) is 7.34. The van der Waals surface area contributed by atoms with E-state index in [4.69, 9.17) is 16.3 Å². The van der Waals surface area contributed by atoms with Gasteiger partial charge in [0.05, 0.1) is 30.0 Å². The third-order valence-corrected chi connectivity index (χ3v) is 10.3. The summed E-state index contributed by atoms with van der Waals surface area (Å²) in [5.41, 5.74) is 5.86. The van der Waals surface area contributed by atoms with E-state index in [1.54, 1.807) is 42.5 Å². The lowest BCUT2D eigenvalue weighted by Gasteiger charge is -2.40. The molecular formula is C41H38ClN5O5. The Hall–Kier alpha value is -5.60. The summed E-state index contributed by atoms with van der Waals surface area (Å²) in [4.78, 5) is 35.1. The molecule has 0 bridgehead atoms. The van der Waals surface area contributed by atoms with Crippen LogP contribution in [0.3, 0.4) is 0 Å². The van der Waals surface area contributed by atoms with Crippen LogP contribution in [0, 0.1) is 18.3 Å². The standard InChI is InChI=1S/C41H38ClN5O5/c1-26-36(41(51)47(31-8-11-34(48)12-9-31)32-10-14-39(49)29(20-32)23-43)22-38(44(26)2)37-21-30(42)7-13-35(37)40(50)46-24-28-6-4-3-5-27(28)19-33(46)25-45-15-17-52-18-16-45/h3-14,20-22,33,48-49H,15-19,24-25H2,1-2H3/t33-/m0/s1. The van der Waals surface area contributed by atoms with Gasteiger partial charge < -0.3 is 24.4 Å². The first-order chi connectivity index (χ1) is 25.1. The Morgan fingerprint density at radius 3 is 2.37 bits per heavy atom. The molecule has 264 valence electrons. The van der Waals surface area contributed by atoms with Crippen molar-refractivity contribution in [3.63, 3.8) is 0 Å². The number of fused-ring (bicyclic) bond motifs is 1. The monoisotopic (exact) mass is 715 g/mol. The average Bonchev–Trinajstić information content (AvgIpc) is 3.46. The predicted molar refractivity (Wildman–Crippen MR) is 199 cm³/mol. The first-order valence-corrected chi connectivity index (χ1v) is 17.5. The number of aromatic nitrogens is 1. The van der Waals surface area contributed by atoms with Crippen LogP contribution in [0.2, 0.25) is 5.02 Å². The number of amides is 2. The van der Waals surface area contributed by atoms with Crippen LogP contribution in [0.4, 0.5) is 11.4 Å². The van der Waals surface area contributed by atoms with Gasteiger partial charge in [-0.3, -0.25) is 19.4 Å². The lowest BCUT2D eigenvalue weighted by atomic mass is 9.92. The van der Waals surface area contributed by atoms with Crippen LogP contribution in [-0.4, -0.2) is 75.3 Å². The summed E-state index contributed by atoms with van der Waals surface area (Å²) in [6.07, 6.45) is 0.738. The number of rotatable bonds is 7. The normalized spacial score (nSPS) is 15.9. The average molecular weight is 716 g/mol. The summed E-state index contributed by atoms with van der Waals surface area (Å²) in [5, 5.41) is 30.3. The number of nitrogens with zero attached hydrogens (tertiary/aromatic N) is 5. The molecule has 2 amide bonds. The maximum Gasteiger partial charge on any atom is 0.264 e. The number of carbonyl (C=O) groups excluding carboxylic acids is 2. The molecule has 2 N–H and O–H groups in total. The van der Waals surface area contributed by atoms with Gasteiger partial charge in [0.2, 0.25) is 0 Å². The maximum atomic E-state index is 14.8. The molecule has 5 aromatic rings. The molecule has 10 nitrogen and oxygen atoms in total. The van der Waals surface area contributed by atoms with Crippen LogP contribution in [0.15, 0.2) is 91.0 Å². The molecule has 4 aromatic carbocycles. The van der Waals surface area contributed by atoms with E-state index in [2.05, 4.69) is 17.0 Å². The first-order valence-electron chi connectivity index (χ1n) is 17.1. The summed E-state index contributed by atoms with van der Waals surface area (Å²) in [6.45, 7) is 6.00. The molecule has 1 aromatic heterocycles. The van der Waals surface area contributed by atoms with Crippen molar-refractivity contribution in [2.75, 3.05) is 37.7 Å². The van der Waals surface area contributed by atoms with E-state index in [1.807, 2.05) is 41.6 Å². The number of morpholine rings is 1. The number of phenols is 2. The van der Waals surface area contributed by atoms with Gasteiger partial charge in [-0.05, 0) is 91.2 Å². The first kappa shape index (κ1) is 34.8. The second kappa shape index (κ2) is 14.6. The van der Waals surface area contributed by atoms with Crippen LogP contribution < -0.4 is 4.90 Å². The lowest BCUT2D eigenvalue weighted by Crippen LogP contribution is -2.52. The molecule has 0 radical (unpaired) electrons. The molecule has 0 saturated carbocycles. The fourth-order valence-electron chi connectivity index (χ4n) is 7.17. The molecule has 0 spiro atoms. The second-order valence-corrected chi connectivity index (χ2v) is 13.7. The number of aromatic hydroxyl groups is 2. The number of benzene rings is 4. The lowest BCUT2D eigenvalue weighted by molar-refractivity contribution is 0.0193. The molecule has 11 heteroatoms. The Morgan fingerprint density at radius 2 is 1.63 bits per heavy atom. The van der Waals surface area contributed by atoms with E-state index < -0.39 is 5.91 Å². The molecule has 0 unspecified atom stereocenters. The van der Waals surface area contributed by atoms with Gasteiger partial charge in [-0.2, -0.15) is 5.26 Å². The molecule has 1 fully saturated rings. The highest BCUT2D eigenvalue weighted by atomic mass is 35.5. The molecule has 7 rings (SSSR count). The summed E-state index contributed by atoms with van der Waals surface area (Å²) in [6, 6.07) is 27.7. The van der Waals surface area contributed by atoms with Crippen molar-refractivity contribution in [1.82, 2.24) is 14.4 Å². The number of carbonyl (C=O) groups is 2.